The minimum absolute atomic E-state index is 0.0987. The van der Waals surface area contributed by atoms with E-state index in [1.807, 2.05) is 0 Å². The van der Waals surface area contributed by atoms with Crippen molar-refractivity contribution in [3.8, 4) is 0 Å². The highest BCUT2D eigenvalue weighted by Gasteiger charge is 2.45. The number of rotatable bonds is 0. The lowest BCUT2D eigenvalue weighted by molar-refractivity contribution is -0.186. The van der Waals surface area contributed by atoms with Crippen molar-refractivity contribution >= 4 is 6.09 Å². The molecule has 106 valence electrons. The minimum Gasteiger partial charge on any atom is -0.444 e. The molecule has 0 aromatic carbocycles. The molecular weight excluding hydrogens is 249 g/mol. The molecule has 7 heteroatoms. The lowest BCUT2D eigenvalue weighted by atomic mass is 9.94. The monoisotopic (exact) mass is 268 g/mol. The Morgan fingerprint density at radius 2 is 1.83 bits per heavy atom. The predicted octanol–water partition coefficient (Wildman–Crippen LogP) is 2.13. The Bertz CT molecular complexity index is 312. The highest BCUT2D eigenvalue weighted by atomic mass is 19.4. The van der Waals surface area contributed by atoms with Crippen molar-refractivity contribution in [2.45, 2.75) is 45.0 Å². The number of ether oxygens (including phenoxy) is 1. The van der Waals surface area contributed by atoms with E-state index in [4.69, 9.17) is 10.5 Å². The van der Waals surface area contributed by atoms with E-state index in [1.54, 1.807) is 20.8 Å². The summed E-state index contributed by atoms with van der Waals surface area (Å²) in [6.07, 6.45) is -5.23. The highest BCUT2D eigenvalue weighted by molar-refractivity contribution is 5.68. The Morgan fingerprint density at radius 1 is 1.28 bits per heavy atom. The van der Waals surface area contributed by atoms with Crippen molar-refractivity contribution in [1.82, 2.24) is 4.90 Å². The number of nitrogens with zero attached hydrogens (tertiary/aromatic N) is 1. The molecule has 1 aliphatic heterocycles. The van der Waals surface area contributed by atoms with Crippen molar-refractivity contribution in [1.29, 1.82) is 0 Å². The van der Waals surface area contributed by atoms with Crippen molar-refractivity contribution in [3.05, 3.63) is 0 Å². The number of amides is 1. The third-order valence-electron chi connectivity index (χ3n) is 2.60. The van der Waals surface area contributed by atoms with Crippen LogP contribution in [0.4, 0.5) is 18.0 Å². The number of hydrogen-bond donors (Lipinski definition) is 1. The van der Waals surface area contributed by atoms with Crippen LogP contribution in [-0.2, 0) is 4.74 Å². The summed E-state index contributed by atoms with van der Waals surface area (Å²) < 4.78 is 43.0. The molecule has 4 nitrogen and oxygen atoms in total. The molecule has 0 spiro atoms. The molecule has 0 radical (unpaired) electrons. The molecule has 2 atom stereocenters. The lowest BCUT2D eigenvalue weighted by Gasteiger charge is -2.37. The molecule has 1 saturated heterocycles. The van der Waals surface area contributed by atoms with E-state index in [9.17, 15) is 18.0 Å². The van der Waals surface area contributed by atoms with Crippen LogP contribution in [0.5, 0.6) is 0 Å². The van der Waals surface area contributed by atoms with Crippen LogP contribution in [0, 0.1) is 5.92 Å². The maximum Gasteiger partial charge on any atom is 0.410 e. The summed E-state index contributed by atoms with van der Waals surface area (Å²) in [5.41, 5.74) is 4.83. The maximum absolute atomic E-state index is 12.7. The zero-order valence-corrected chi connectivity index (χ0v) is 10.8. The van der Waals surface area contributed by atoms with Gasteiger partial charge in [0.1, 0.15) is 5.60 Å². The van der Waals surface area contributed by atoms with E-state index >= 15 is 0 Å². The number of piperidine rings is 1. The van der Waals surface area contributed by atoms with Crippen molar-refractivity contribution in [2.75, 3.05) is 13.1 Å². The molecule has 0 bridgehead atoms. The molecule has 0 aromatic heterocycles. The summed E-state index contributed by atoms with van der Waals surface area (Å²) in [7, 11) is 0. The van der Waals surface area contributed by atoms with Crippen LogP contribution in [0.25, 0.3) is 0 Å². The summed E-state index contributed by atoms with van der Waals surface area (Å²) in [6.45, 7) is 4.70. The average molecular weight is 268 g/mol. The summed E-state index contributed by atoms with van der Waals surface area (Å²) in [5.74, 6) is -1.58. The molecule has 0 aliphatic carbocycles. The van der Waals surface area contributed by atoms with Gasteiger partial charge >= 0.3 is 12.3 Å². The summed E-state index contributed by atoms with van der Waals surface area (Å²) in [4.78, 5) is 12.8. The number of halogens is 3. The second-order valence-electron chi connectivity index (χ2n) is 5.62. The van der Waals surface area contributed by atoms with Gasteiger partial charge in [0.05, 0.1) is 5.92 Å². The second-order valence-corrected chi connectivity index (χ2v) is 5.62. The van der Waals surface area contributed by atoms with Gasteiger partial charge in [0.15, 0.2) is 0 Å². The van der Waals surface area contributed by atoms with Crippen LogP contribution in [0.15, 0.2) is 0 Å². The van der Waals surface area contributed by atoms with E-state index in [1.165, 1.54) is 0 Å². The fraction of sp³-hybridized carbons (Fsp3) is 0.909. The predicted molar refractivity (Wildman–Crippen MR) is 59.9 cm³/mol. The molecule has 2 N–H and O–H groups in total. The zero-order chi connectivity index (χ0) is 14.1. The highest BCUT2D eigenvalue weighted by Crippen LogP contribution is 2.33. The van der Waals surface area contributed by atoms with Gasteiger partial charge in [0, 0.05) is 19.1 Å². The number of nitrogens with two attached hydrogens (primary N) is 1. The number of likely N-dealkylation sites (tertiary alicyclic amines) is 1. The van der Waals surface area contributed by atoms with Gasteiger partial charge in [-0.15, -0.1) is 0 Å². The molecule has 1 fully saturated rings. The smallest absolute Gasteiger partial charge is 0.410 e. The largest absolute Gasteiger partial charge is 0.444 e. The van der Waals surface area contributed by atoms with E-state index in [-0.39, 0.29) is 19.5 Å². The number of carbonyl (C=O) groups excluding carboxylic acids is 1. The average Bonchev–Trinajstić information content (AvgIpc) is 2.12. The first-order valence-electron chi connectivity index (χ1n) is 5.79. The van der Waals surface area contributed by atoms with Gasteiger partial charge in [-0.25, -0.2) is 4.79 Å². The topological polar surface area (TPSA) is 55.6 Å². The van der Waals surface area contributed by atoms with Crippen molar-refractivity contribution in [3.63, 3.8) is 0 Å². The van der Waals surface area contributed by atoms with Gasteiger partial charge in [-0.3, -0.25) is 0 Å². The van der Waals surface area contributed by atoms with Gasteiger partial charge in [0.25, 0.3) is 0 Å². The van der Waals surface area contributed by atoms with Crippen LogP contribution in [0.1, 0.15) is 27.2 Å². The van der Waals surface area contributed by atoms with Crippen molar-refractivity contribution in [2.24, 2.45) is 11.7 Å². The molecule has 18 heavy (non-hydrogen) atoms. The number of hydrogen-bond acceptors (Lipinski definition) is 3. The maximum atomic E-state index is 12.7. The van der Waals surface area contributed by atoms with Crippen LogP contribution < -0.4 is 5.73 Å². The third kappa shape index (κ3) is 4.36. The fourth-order valence-corrected chi connectivity index (χ4v) is 1.85. The van der Waals surface area contributed by atoms with Gasteiger partial charge in [-0.2, -0.15) is 13.2 Å². The lowest BCUT2D eigenvalue weighted by Crippen LogP contribution is -2.53. The SMILES string of the molecule is CC(C)(C)OC(=O)N1C[C@H](N)C[C@@H](C(F)(F)F)C1. The van der Waals surface area contributed by atoms with E-state index < -0.39 is 29.8 Å². The Kier molecular flexibility index (Phi) is 4.15. The Balaban J connectivity index is 2.69. The molecule has 0 unspecified atom stereocenters. The van der Waals surface area contributed by atoms with Crippen LogP contribution in [0.2, 0.25) is 0 Å². The first kappa shape index (κ1) is 15.1. The molecule has 1 rings (SSSR count). The quantitative estimate of drug-likeness (QED) is 0.732. The Morgan fingerprint density at radius 3 is 2.28 bits per heavy atom. The molecular formula is C11H19F3N2O2. The zero-order valence-electron chi connectivity index (χ0n) is 10.8. The van der Waals surface area contributed by atoms with E-state index in [0.29, 0.717) is 0 Å². The molecule has 1 amide bonds. The molecule has 1 heterocycles. The van der Waals surface area contributed by atoms with Crippen LogP contribution in [0.3, 0.4) is 0 Å². The molecule has 0 saturated carbocycles. The van der Waals surface area contributed by atoms with Crippen molar-refractivity contribution < 1.29 is 22.7 Å². The molecule has 1 aliphatic rings. The van der Waals surface area contributed by atoms with Gasteiger partial charge in [-0.1, -0.05) is 0 Å². The van der Waals surface area contributed by atoms with E-state index in [2.05, 4.69) is 0 Å². The van der Waals surface area contributed by atoms with Gasteiger partial charge < -0.3 is 15.4 Å². The number of alkyl halides is 3. The fourth-order valence-electron chi connectivity index (χ4n) is 1.85. The first-order valence-corrected chi connectivity index (χ1v) is 5.79. The summed E-state index contributed by atoms with van der Waals surface area (Å²) in [5, 5.41) is 0. The van der Waals surface area contributed by atoms with Gasteiger partial charge in [-0.05, 0) is 27.2 Å². The Labute approximate surface area is 104 Å². The minimum atomic E-state index is -4.34. The normalized spacial score (nSPS) is 26.1. The Hall–Kier alpha value is -0.980. The first-order chi connectivity index (χ1) is 7.99. The second kappa shape index (κ2) is 4.95. The van der Waals surface area contributed by atoms with E-state index in [0.717, 1.165) is 4.90 Å². The summed E-state index contributed by atoms with van der Waals surface area (Å²) >= 11 is 0. The standard InChI is InChI=1S/C11H19F3N2O2/c1-10(2,3)18-9(17)16-5-7(11(12,13)14)4-8(15)6-16/h7-8H,4-6,15H2,1-3H3/t7-,8-/m1/s1. The molecule has 0 aromatic rings. The number of carbonyl (C=O) groups is 1. The van der Waals surface area contributed by atoms with Gasteiger partial charge in [0.2, 0.25) is 0 Å². The third-order valence-corrected chi connectivity index (χ3v) is 2.60. The summed E-state index contributed by atoms with van der Waals surface area (Å²) in [6, 6.07) is -0.669. The van der Waals surface area contributed by atoms with Crippen LogP contribution >= 0.6 is 0 Å². The van der Waals surface area contributed by atoms with Crippen LogP contribution in [-0.4, -0.2) is 41.9 Å².